The third-order valence-corrected chi connectivity index (χ3v) is 6.33. The highest BCUT2D eigenvalue weighted by molar-refractivity contribution is 7.89. The molecule has 3 rings (SSSR count). The number of benzene rings is 1. The second-order valence-corrected chi connectivity index (χ2v) is 8.05. The van der Waals surface area contributed by atoms with Crippen molar-refractivity contribution in [3.05, 3.63) is 42.2 Å². The molecule has 7 nitrogen and oxygen atoms in total. The number of ether oxygens (including phenoxy) is 1. The summed E-state index contributed by atoms with van der Waals surface area (Å²) >= 11 is 0. The van der Waals surface area contributed by atoms with Crippen LogP contribution >= 0.6 is 0 Å². The minimum atomic E-state index is -3.56. The van der Waals surface area contributed by atoms with Crippen molar-refractivity contribution in [1.82, 2.24) is 14.1 Å². The normalized spacial score (nSPS) is 19.0. The van der Waals surface area contributed by atoms with Gasteiger partial charge in [-0.1, -0.05) is 6.07 Å². The number of sulfonamides is 1. The highest BCUT2D eigenvalue weighted by atomic mass is 32.2. The molecule has 2 heterocycles. The smallest absolute Gasteiger partial charge is 0.243 e. The fourth-order valence-corrected chi connectivity index (χ4v) is 4.69. The third-order valence-electron chi connectivity index (χ3n) is 4.47. The van der Waals surface area contributed by atoms with Gasteiger partial charge >= 0.3 is 0 Å². The van der Waals surface area contributed by atoms with E-state index in [1.54, 1.807) is 28.9 Å². The number of aliphatic hydroxyl groups excluding tert-OH is 1. The molecule has 1 saturated heterocycles. The zero-order valence-electron chi connectivity index (χ0n) is 14.2. The molecule has 0 radical (unpaired) electrons. The molecular weight excluding hydrogens is 342 g/mol. The minimum Gasteiger partial charge on any atom is -0.497 e. The zero-order valence-corrected chi connectivity index (χ0v) is 15.0. The van der Waals surface area contributed by atoms with Crippen LogP contribution in [0.4, 0.5) is 0 Å². The molecule has 1 aliphatic rings. The Labute approximate surface area is 147 Å². The van der Waals surface area contributed by atoms with Gasteiger partial charge < -0.3 is 9.84 Å². The molecule has 1 aliphatic heterocycles. The molecule has 0 aliphatic carbocycles. The Morgan fingerprint density at radius 3 is 2.96 bits per heavy atom. The number of piperidine rings is 1. The molecule has 1 atom stereocenters. The first-order valence-electron chi connectivity index (χ1n) is 8.33. The summed E-state index contributed by atoms with van der Waals surface area (Å²) < 4.78 is 34.3. The van der Waals surface area contributed by atoms with Crippen LogP contribution in [0.2, 0.25) is 0 Å². The summed E-state index contributed by atoms with van der Waals surface area (Å²) in [7, 11) is -2.04. The Morgan fingerprint density at radius 2 is 2.20 bits per heavy atom. The molecule has 2 aromatic rings. The molecule has 0 saturated carbocycles. The first-order chi connectivity index (χ1) is 12.0. The molecule has 0 spiro atoms. The molecule has 25 heavy (non-hydrogen) atoms. The van der Waals surface area contributed by atoms with E-state index >= 15 is 0 Å². The second kappa shape index (κ2) is 7.55. The molecule has 136 valence electrons. The molecule has 0 bridgehead atoms. The lowest BCUT2D eigenvalue weighted by Gasteiger charge is -2.31. The predicted molar refractivity (Wildman–Crippen MR) is 93.0 cm³/mol. The van der Waals surface area contributed by atoms with E-state index in [4.69, 9.17) is 9.84 Å². The van der Waals surface area contributed by atoms with Gasteiger partial charge in [-0.25, -0.2) is 8.42 Å². The molecule has 1 fully saturated rings. The van der Waals surface area contributed by atoms with Crippen LogP contribution in [-0.2, 0) is 16.6 Å². The van der Waals surface area contributed by atoms with Crippen LogP contribution in [0.1, 0.15) is 24.5 Å². The van der Waals surface area contributed by atoms with Crippen LogP contribution in [0, 0.1) is 0 Å². The van der Waals surface area contributed by atoms with E-state index in [0.29, 0.717) is 25.4 Å². The Hall–Kier alpha value is -1.90. The van der Waals surface area contributed by atoms with Crippen LogP contribution in [-0.4, -0.2) is 54.4 Å². The van der Waals surface area contributed by atoms with Crippen molar-refractivity contribution in [2.24, 2.45) is 0 Å². The van der Waals surface area contributed by atoms with Crippen molar-refractivity contribution in [3.8, 4) is 5.75 Å². The Kier molecular flexibility index (Phi) is 5.41. The molecule has 1 aromatic heterocycles. The predicted octanol–water partition coefficient (Wildman–Crippen LogP) is 1.45. The van der Waals surface area contributed by atoms with Crippen molar-refractivity contribution < 1.29 is 18.3 Å². The number of rotatable bonds is 6. The third kappa shape index (κ3) is 3.86. The average Bonchev–Trinajstić information content (AvgIpc) is 3.11. The Bertz CT molecular complexity index is 819. The Morgan fingerprint density at radius 1 is 1.36 bits per heavy atom. The first-order valence-corrected chi connectivity index (χ1v) is 9.77. The van der Waals surface area contributed by atoms with Crippen LogP contribution in [0.3, 0.4) is 0 Å². The van der Waals surface area contributed by atoms with Crippen LogP contribution in [0.5, 0.6) is 5.75 Å². The van der Waals surface area contributed by atoms with E-state index in [2.05, 4.69) is 5.10 Å². The largest absolute Gasteiger partial charge is 0.497 e. The van der Waals surface area contributed by atoms with Gasteiger partial charge in [0, 0.05) is 31.3 Å². The van der Waals surface area contributed by atoms with Crippen molar-refractivity contribution in [2.45, 2.75) is 30.2 Å². The molecule has 1 aromatic carbocycles. The lowest BCUT2D eigenvalue weighted by molar-refractivity contribution is 0.267. The summed E-state index contributed by atoms with van der Waals surface area (Å²) in [5.74, 6) is 0.589. The molecular formula is C17H23N3O4S. The number of methoxy groups -OCH3 is 1. The van der Waals surface area contributed by atoms with Gasteiger partial charge in [-0.3, -0.25) is 4.68 Å². The van der Waals surface area contributed by atoms with E-state index in [-0.39, 0.29) is 17.4 Å². The van der Waals surface area contributed by atoms with E-state index in [1.807, 2.05) is 12.3 Å². The van der Waals surface area contributed by atoms with E-state index in [1.165, 1.54) is 11.4 Å². The monoisotopic (exact) mass is 365 g/mol. The topological polar surface area (TPSA) is 84.7 Å². The van der Waals surface area contributed by atoms with Gasteiger partial charge in [0.1, 0.15) is 5.75 Å². The lowest BCUT2D eigenvalue weighted by Crippen LogP contribution is -2.39. The van der Waals surface area contributed by atoms with Gasteiger partial charge in [0.05, 0.1) is 30.9 Å². The summed E-state index contributed by atoms with van der Waals surface area (Å²) in [6.07, 6.45) is 3.52. The van der Waals surface area contributed by atoms with Crippen molar-refractivity contribution in [1.29, 1.82) is 0 Å². The standard InChI is InChI=1S/C17H23N3O4S/c1-24-15-5-2-6-16(12-15)25(22,23)20-8-3-4-14(13-20)17-7-9-19(18-17)10-11-21/h2,5-7,9,12,14,21H,3-4,8,10-11,13H2,1H3. The minimum absolute atomic E-state index is 0.0299. The summed E-state index contributed by atoms with van der Waals surface area (Å²) in [6, 6.07) is 8.46. The van der Waals surface area contributed by atoms with Gasteiger partial charge in [0.2, 0.25) is 10.0 Å². The van der Waals surface area contributed by atoms with E-state index < -0.39 is 10.0 Å². The Balaban J connectivity index is 1.79. The SMILES string of the molecule is COc1cccc(S(=O)(=O)N2CCCC(c3ccn(CCO)n3)C2)c1. The van der Waals surface area contributed by atoms with Gasteiger partial charge in [0.25, 0.3) is 0 Å². The molecule has 1 N–H and O–H groups in total. The van der Waals surface area contributed by atoms with Gasteiger partial charge in [-0.15, -0.1) is 0 Å². The van der Waals surface area contributed by atoms with Crippen LogP contribution in [0.15, 0.2) is 41.4 Å². The highest BCUT2D eigenvalue weighted by Crippen LogP contribution is 2.30. The summed E-state index contributed by atoms with van der Waals surface area (Å²) in [5, 5.41) is 13.5. The maximum Gasteiger partial charge on any atom is 0.243 e. The average molecular weight is 365 g/mol. The first kappa shape index (κ1) is 17.9. The number of aliphatic hydroxyl groups is 1. The second-order valence-electron chi connectivity index (χ2n) is 6.11. The fourth-order valence-electron chi connectivity index (χ4n) is 3.13. The number of hydrogen-bond donors (Lipinski definition) is 1. The lowest BCUT2D eigenvalue weighted by atomic mass is 9.96. The molecule has 1 unspecified atom stereocenters. The van der Waals surface area contributed by atoms with Crippen LogP contribution in [0.25, 0.3) is 0 Å². The van der Waals surface area contributed by atoms with Crippen molar-refractivity contribution in [2.75, 3.05) is 26.8 Å². The van der Waals surface area contributed by atoms with Crippen molar-refractivity contribution >= 4 is 10.0 Å². The maximum absolute atomic E-state index is 13.0. The summed E-state index contributed by atoms with van der Waals surface area (Å²) in [6.45, 7) is 1.39. The quantitative estimate of drug-likeness (QED) is 0.838. The number of nitrogens with zero attached hydrogens (tertiary/aromatic N) is 3. The van der Waals surface area contributed by atoms with Crippen molar-refractivity contribution in [3.63, 3.8) is 0 Å². The van der Waals surface area contributed by atoms with E-state index in [0.717, 1.165) is 18.5 Å². The molecule has 8 heteroatoms. The maximum atomic E-state index is 13.0. The molecule has 0 amide bonds. The van der Waals surface area contributed by atoms with Gasteiger partial charge in [-0.05, 0) is 31.0 Å². The van der Waals surface area contributed by atoms with Crippen LogP contribution < -0.4 is 4.74 Å². The van der Waals surface area contributed by atoms with Gasteiger partial charge in [0.15, 0.2) is 0 Å². The number of hydrogen-bond acceptors (Lipinski definition) is 5. The number of aromatic nitrogens is 2. The zero-order chi connectivity index (χ0) is 17.9. The summed E-state index contributed by atoms with van der Waals surface area (Å²) in [4.78, 5) is 0.248. The van der Waals surface area contributed by atoms with E-state index in [9.17, 15) is 8.42 Å². The highest BCUT2D eigenvalue weighted by Gasteiger charge is 2.32. The fraction of sp³-hybridized carbons (Fsp3) is 0.471. The van der Waals surface area contributed by atoms with Gasteiger partial charge in [-0.2, -0.15) is 9.40 Å². The summed E-state index contributed by atoms with van der Waals surface area (Å²) in [5.41, 5.74) is 0.874.